The lowest BCUT2D eigenvalue weighted by atomic mass is 9.98. The minimum Gasteiger partial charge on any atom is -0.338 e. The molecule has 0 saturated heterocycles. The van der Waals surface area contributed by atoms with Gasteiger partial charge in [-0.2, -0.15) is 39.5 Å². The highest BCUT2D eigenvalue weighted by atomic mass is 19.4. The number of halogens is 9. The van der Waals surface area contributed by atoms with Gasteiger partial charge in [0.2, 0.25) is 0 Å². The summed E-state index contributed by atoms with van der Waals surface area (Å²) < 4.78 is 120. The van der Waals surface area contributed by atoms with Gasteiger partial charge in [0.1, 0.15) is 5.82 Å². The third-order valence-electron chi connectivity index (χ3n) is 6.56. The number of hydrogen-bond donors (Lipinski definition) is 2. The van der Waals surface area contributed by atoms with Crippen LogP contribution in [0.5, 0.6) is 0 Å². The molecule has 0 saturated carbocycles. The summed E-state index contributed by atoms with van der Waals surface area (Å²) in [5.74, 6) is 0.214. The Morgan fingerprint density at radius 2 is 1.29 bits per heavy atom. The van der Waals surface area contributed by atoms with Crippen LogP contribution in [-0.4, -0.2) is 21.5 Å². The average Bonchev–Trinajstić information content (AvgIpc) is 3.38. The van der Waals surface area contributed by atoms with Crippen LogP contribution in [0.2, 0.25) is 0 Å². The first-order valence-corrected chi connectivity index (χ1v) is 12.1. The van der Waals surface area contributed by atoms with Crippen molar-refractivity contribution in [1.29, 1.82) is 0 Å². The minimum atomic E-state index is -4.65. The number of alkyl halides is 9. The van der Waals surface area contributed by atoms with Gasteiger partial charge < -0.3 is 10.3 Å². The molecule has 41 heavy (non-hydrogen) atoms. The van der Waals surface area contributed by atoms with Gasteiger partial charge in [-0.1, -0.05) is 30.3 Å². The van der Waals surface area contributed by atoms with E-state index in [2.05, 4.69) is 20.3 Å². The number of imidazole rings is 1. The topological polar surface area (TPSA) is 53.6 Å². The van der Waals surface area contributed by atoms with E-state index in [1.165, 1.54) is 42.6 Å². The van der Waals surface area contributed by atoms with Gasteiger partial charge in [-0.3, -0.25) is 4.98 Å². The summed E-state index contributed by atoms with van der Waals surface area (Å²) in [5.41, 5.74) is -1.51. The molecule has 0 spiro atoms. The van der Waals surface area contributed by atoms with Crippen LogP contribution in [-0.2, 0) is 18.5 Å². The second-order valence-corrected chi connectivity index (χ2v) is 9.27. The van der Waals surface area contributed by atoms with Crippen LogP contribution in [0.3, 0.4) is 0 Å². The molecule has 4 aromatic rings. The Morgan fingerprint density at radius 3 is 1.85 bits per heavy atom. The fourth-order valence-corrected chi connectivity index (χ4v) is 4.57. The van der Waals surface area contributed by atoms with Gasteiger partial charge in [0.25, 0.3) is 0 Å². The second kappa shape index (κ2) is 10.4. The van der Waals surface area contributed by atoms with Crippen molar-refractivity contribution in [2.45, 2.75) is 31.0 Å². The Bertz CT molecular complexity index is 1490. The maximum atomic E-state index is 13.6. The molecule has 5 rings (SSSR count). The van der Waals surface area contributed by atoms with Crippen molar-refractivity contribution in [2.75, 3.05) is 6.54 Å². The van der Waals surface area contributed by atoms with Gasteiger partial charge >= 0.3 is 18.5 Å². The molecule has 1 unspecified atom stereocenters. The molecule has 2 N–H and O–H groups in total. The molecule has 0 radical (unpaired) electrons. The first kappa shape index (κ1) is 28.4. The molecular weight excluding hydrogens is 563 g/mol. The van der Waals surface area contributed by atoms with Gasteiger partial charge in [0.15, 0.2) is 0 Å². The summed E-state index contributed by atoms with van der Waals surface area (Å²) in [5, 5.41) is 2.98. The van der Waals surface area contributed by atoms with Crippen molar-refractivity contribution in [3.8, 4) is 22.5 Å². The number of H-pyrrole nitrogens is 1. The van der Waals surface area contributed by atoms with Crippen LogP contribution in [0.1, 0.15) is 40.7 Å². The zero-order valence-electron chi connectivity index (χ0n) is 20.7. The lowest BCUT2D eigenvalue weighted by Crippen LogP contribution is -2.28. The monoisotopic (exact) mass is 582 g/mol. The highest BCUT2D eigenvalue weighted by Crippen LogP contribution is 2.39. The second-order valence-electron chi connectivity index (χ2n) is 9.27. The van der Waals surface area contributed by atoms with E-state index in [1.807, 2.05) is 0 Å². The highest BCUT2D eigenvalue weighted by molar-refractivity contribution is 5.81. The number of nitrogens with one attached hydrogen (secondary N) is 2. The molecule has 0 amide bonds. The summed E-state index contributed by atoms with van der Waals surface area (Å²) in [6, 6.07) is 9.43. The van der Waals surface area contributed by atoms with Gasteiger partial charge in [0, 0.05) is 23.9 Å². The molecule has 1 aliphatic rings. The van der Waals surface area contributed by atoms with E-state index in [4.69, 9.17) is 0 Å². The maximum Gasteiger partial charge on any atom is 0.418 e. The highest BCUT2D eigenvalue weighted by Gasteiger charge is 2.36. The van der Waals surface area contributed by atoms with Gasteiger partial charge in [-0.05, 0) is 48.4 Å². The molecule has 1 aliphatic heterocycles. The van der Waals surface area contributed by atoms with Crippen molar-refractivity contribution >= 4 is 5.57 Å². The molecule has 4 nitrogen and oxygen atoms in total. The van der Waals surface area contributed by atoms with Crippen molar-refractivity contribution in [3.63, 3.8) is 0 Å². The number of nitrogens with zero attached hydrogens (tertiary/aromatic N) is 2. The summed E-state index contributed by atoms with van der Waals surface area (Å²) >= 11 is 0. The third kappa shape index (κ3) is 5.99. The number of benzene rings is 2. The molecule has 0 aliphatic carbocycles. The molecular formula is C28H19F9N4. The zero-order valence-corrected chi connectivity index (χ0v) is 20.7. The number of aromatic nitrogens is 3. The van der Waals surface area contributed by atoms with Crippen LogP contribution >= 0.6 is 0 Å². The lowest BCUT2D eigenvalue weighted by molar-refractivity contribution is -0.139. The SMILES string of the molecule is FC(F)(F)c1ccc(-c2nc(C3=CC(c4ncccc4C(F)(F)F)NCC3)[nH]c2-c2ccc(C(F)(F)F)cc2)cc1. The predicted molar refractivity (Wildman–Crippen MR) is 132 cm³/mol. The summed E-state index contributed by atoms with van der Waals surface area (Å²) in [7, 11) is 0. The van der Waals surface area contributed by atoms with Crippen LogP contribution in [0, 0.1) is 0 Å². The first-order valence-electron chi connectivity index (χ1n) is 12.1. The van der Waals surface area contributed by atoms with E-state index >= 15 is 0 Å². The summed E-state index contributed by atoms with van der Waals surface area (Å²) in [6.45, 7) is 0.260. The minimum absolute atomic E-state index is 0.165. The standard InChI is InChI=1S/C28H19F9N4/c29-26(30,31)18-7-3-15(4-8-18)22-23(16-5-9-19(10-6-16)27(32,33)34)41-25(40-22)17-11-13-38-21(14-17)24-20(28(35,36)37)2-1-12-39-24/h1-10,12,14,21,38H,11,13H2,(H,40,41). The van der Waals surface area contributed by atoms with Crippen molar-refractivity contribution in [3.05, 3.63) is 101 Å². The molecule has 0 bridgehead atoms. The summed E-state index contributed by atoms with van der Waals surface area (Å²) in [6.07, 6.45) is -10.7. The molecule has 3 heterocycles. The van der Waals surface area contributed by atoms with Gasteiger partial charge in [0.05, 0.1) is 39.8 Å². The molecule has 0 fully saturated rings. The Labute approximate surface area is 227 Å². The Balaban J connectivity index is 1.60. The summed E-state index contributed by atoms with van der Waals surface area (Å²) in [4.78, 5) is 11.5. The van der Waals surface area contributed by atoms with E-state index in [0.717, 1.165) is 30.3 Å². The van der Waals surface area contributed by atoms with E-state index in [-0.39, 0.29) is 40.6 Å². The van der Waals surface area contributed by atoms with Gasteiger partial charge in [-0.25, -0.2) is 4.98 Å². The number of rotatable bonds is 4. The quantitative estimate of drug-likeness (QED) is 0.238. The third-order valence-corrected chi connectivity index (χ3v) is 6.56. The molecule has 214 valence electrons. The molecule has 2 aromatic carbocycles. The van der Waals surface area contributed by atoms with E-state index in [9.17, 15) is 39.5 Å². The van der Waals surface area contributed by atoms with Crippen LogP contribution < -0.4 is 5.32 Å². The predicted octanol–water partition coefficient (Wildman–Crippen LogP) is 8.31. The van der Waals surface area contributed by atoms with E-state index in [1.54, 1.807) is 0 Å². The number of hydrogen-bond acceptors (Lipinski definition) is 3. The van der Waals surface area contributed by atoms with Crippen molar-refractivity contribution in [2.24, 2.45) is 0 Å². The number of aromatic amines is 1. The van der Waals surface area contributed by atoms with Crippen molar-refractivity contribution in [1.82, 2.24) is 20.3 Å². The normalized spacial score (nSPS) is 16.5. The fourth-order valence-electron chi connectivity index (χ4n) is 4.57. The largest absolute Gasteiger partial charge is 0.418 e. The van der Waals surface area contributed by atoms with E-state index in [0.29, 0.717) is 12.0 Å². The lowest BCUT2D eigenvalue weighted by Gasteiger charge is -2.24. The smallest absolute Gasteiger partial charge is 0.338 e. The van der Waals surface area contributed by atoms with Gasteiger partial charge in [-0.15, -0.1) is 0 Å². The molecule has 2 aromatic heterocycles. The van der Waals surface area contributed by atoms with Crippen LogP contribution in [0.4, 0.5) is 39.5 Å². The molecule has 13 heteroatoms. The van der Waals surface area contributed by atoms with Crippen LogP contribution in [0.25, 0.3) is 28.1 Å². The Hall–Kier alpha value is -4.13. The Morgan fingerprint density at radius 1 is 0.707 bits per heavy atom. The fraction of sp³-hybridized carbons (Fsp3) is 0.214. The zero-order chi connectivity index (χ0) is 29.6. The Kier molecular flexibility index (Phi) is 7.18. The van der Waals surface area contributed by atoms with E-state index < -0.39 is 41.3 Å². The molecule has 1 atom stereocenters. The number of pyridine rings is 1. The average molecular weight is 582 g/mol. The first-order chi connectivity index (χ1) is 19.2. The van der Waals surface area contributed by atoms with Crippen molar-refractivity contribution < 1.29 is 39.5 Å². The van der Waals surface area contributed by atoms with Crippen LogP contribution in [0.15, 0.2) is 72.9 Å². The maximum absolute atomic E-state index is 13.6.